The SMILES string of the molecule is COc1ccccc1NC(=O)C1CC(=O)N(Cc2ccc3c(c2)OCO3)C(=Nc2ccc(Cl)cc2)S1. The number of nitrogens with one attached hydrogen (secondary N) is 1. The number of para-hydroxylation sites is 2. The van der Waals surface area contributed by atoms with Crippen LogP contribution in [0.1, 0.15) is 12.0 Å². The van der Waals surface area contributed by atoms with E-state index in [0.29, 0.717) is 38.8 Å². The molecular formula is C26H22ClN3O5S. The Labute approximate surface area is 217 Å². The third-order valence-corrected chi connectivity index (χ3v) is 7.07. The van der Waals surface area contributed by atoms with E-state index in [4.69, 9.17) is 30.8 Å². The van der Waals surface area contributed by atoms with E-state index in [1.807, 2.05) is 24.3 Å². The van der Waals surface area contributed by atoms with Gasteiger partial charge in [0.25, 0.3) is 0 Å². The Morgan fingerprint density at radius 3 is 2.72 bits per heavy atom. The van der Waals surface area contributed by atoms with Crippen molar-refractivity contribution in [2.45, 2.75) is 18.2 Å². The number of nitrogens with zero attached hydrogens (tertiary/aromatic N) is 2. The first kappa shape index (κ1) is 24.0. The summed E-state index contributed by atoms with van der Waals surface area (Å²) in [5.41, 5.74) is 2.02. The van der Waals surface area contributed by atoms with E-state index in [1.54, 1.807) is 47.4 Å². The molecule has 1 atom stereocenters. The van der Waals surface area contributed by atoms with Gasteiger partial charge in [0.2, 0.25) is 18.6 Å². The Bertz CT molecular complexity index is 1330. The monoisotopic (exact) mass is 523 g/mol. The van der Waals surface area contributed by atoms with Crippen LogP contribution in [0.4, 0.5) is 11.4 Å². The van der Waals surface area contributed by atoms with Crippen LogP contribution in [0, 0.1) is 0 Å². The predicted octanol–water partition coefficient (Wildman–Crippen LogP) is 5.24. The van der Waals surface area contributed by atoms with Crippen molar-refractivity contribution in [1.29, 1.82) is 0 Å². The van der Waals surface area contributed by atoms with Crippen LogP contribution < -0.4 is 19.5 Å². The molecule has 1 fully saturated rings. The van der Waals surface area contributed by atoms with Gasteiger partial charge in [0.15, 0.2) is 16.7 Å². The van der Waals surface area contributed by atoms with E-state index in [1.165, 1.54) is 18.9 Å². The first-order chi connectivity index (χ1) is 17.5. The lowest BCUT2D eigenvalue weighted by Gasteiger charge is -2.32. The Morgan fingerprint density at radius 1 is 1.14 bits per heavy atom. The molecule has 1 unspecified atom stereocenters. The molecule has 184 valence electrons. The highest BCUT2D eigenvalue weighted by Gasteiger charge is 2.36. The Morgan fingerprint density at radius 2 is 1.92 bits per heavy atom. The fourth-order valence-corrected chi connectivity index (χ4v) is 5.03. The second kappa shape index (κ2) is 10.5. The minimum Gasteiger partial charge on any atom is -0.495 e. The number of carbonyl (C=O) groups is 2. The van der Waals surface area contributed by atoms with Crippen molar-refractivity contribution in [1.82, 2.24) is 4.90 Å². The number of amidine groups is 1. The van der Waals surface area contributed by atoms with E-state index in [9.17, 15) is 9.59 Å². The van der Waals surface area contributed by atoms with Gasteiger partial charge in [0, 0.05) is 11.4 Å². The van der Waals surface area contributed by atoms with Crippen molar-refractivity contribution in [3.8, 4) is 17.2 Å². The third kappa shape index (κ3) is 5.27. The van der Waals surface area contributed by atoms with Gasteiger partial charge >= 0.3 is 0 Å². The largest absolute Gasteiger partial charge is 0.495 e. The Kier molecular flexibility index (Phi) is 7.02. The van der Waals surface area contributed by atoms with E-state index in [0.717, 1.165) is 5.56 Å². The molecule has 5 rings (SSSR count). The number of fused-ring (bicyclic) bond motifs is 1. The zero-order valence-corrected chi connectivity index (χ0v) is 20.8. The van der Waals surface area contributed by atoms with Crippen LogP contribution in [0.25, 0.3) is 0 Å². The molecule has 0 bridgehead atoms. The van der Waals surface area contributed by atoms with Crippen LogP contribution in [0.2, 0.25) is 5.02 Å². The van der Waals surface area contributed by atoms with Crippen LogP contribution >= 0.6 is 23.4 Å². The molecule has 36 heavy (non-hydrogen) atoms. The lowest BCUT2D eigenvalue weighted by molar-refractivity contribution is -0.129. The number of aliphatic imine (C=N–C) groups is 1. The molecule has 3 aromatic rings. The summed E-state index contributed by atoms with van der Waals surface area (Å²) in [6.45, 7) is 0.444. The molecule has 8 nitrogen and oxygen atoms in total. The molecule has 3 aromatic carbocycles. The summed E-state index contributed by atoms with van der Waals surface area (Å²) < 4.78 is 16.2. The van der Waals surface area contributed by atoms with E-state index < -0.39 is 5.25 Å². The predicted molar refractivity (Wildman–Crippen MR) is 139 cm³/mol. The standard InChI is InChI=1S/C26H22ClN3O5S/c1-33-20-5-3-2-4-19(20)29-25(32)23-13-24(31)30(14-16-6-11-21-22(12-16)35-15-34-21)26(36-23)28-18-9-7-17(27)8-10-18/h2-12,23H,13-15H2,1H3,(H,29,32). The van der Waals surface area contributed by atoms with Gasteiger partial charge < -0.3 is 19.5 Å². The number of benzene rings is 3. The quantitative estimate of drug-likeness (QED) is 0.475. The van der Waals surface area contributed by atoms with E-state index >= 15 is 0 Å². The molecule has 0 spiro atoms. The number of ether oxygens (including phenoxy) is 3. The number of halogens is 1. The molecule has 2 aliphatic heterocycles. The van der Waals surface area contributed by atoms with Crippen LogP contribution in [0.3, 0.4) is 0 Å². The molecule has 10 heteroatoms. The number of carbonyl (C=O) groups excluding carboxylic acids is 2. The van der Waals surface area contributed by atoms with Crippen molar-refractivity contribution in [2.24, 2.45) is 4.99 Å². The van der Waals surface area contributed by atoms with Crippen LogP contribution in [-0.4, -0.2) is 41.0 Å². The lowest BCUT2D eigenvalue weighted by atomic mass is 10.1. The molecular weight excluding hydrogens is 502 g/mol. The third-order valence-electron chi connectivity index (χ3n) is 5.63. The zero-order chi connectivity index (χ0) is 25.1. The summed E-state index contributed by atoms with van der Waals surface area (Å²) in [6.07, 6.45) is 0.0236. The molecule has 0 saturated carbocycles. The number of hydrogen-bond donors (Lipinski definition) is 1. The molecule has 1 N–H and O–H groups in total. The number of thioether (sulfide) groups is 1. The van der Waals surface area contributed by atoms with Crippen molar-refractivity contribution in [3.63, 3.8) is 0 Å². The van der Waals surface area contributed by atoms with E-state index in [-0.39, 0.29) is 31.6 Å². The average Bonchev–Trinajstić information content (AvgIpc) is 3.35. The molecule has 1 saturated heterocycles. The maximum absolute atomic E-state index is 13.3. The van der Waals surface area contributed by atoms with E-state index in [2.05, 4.69) is 5.32 Å². The van der Waals surface area contributed by atoms with Crippen molar-refractivity contribution in [2.75, 3.05) is 19.2 Å². The van der Waals surface area contributed by atoms with Crippen molar-refractivity contribution in [3.05, 3.63) is 77.3 Å². The number of methoxy groups -OCH3 is 1. The first-order valence-electron chi connectivity index (χ1n) is 11.1. The van der Waals surface area contributed by atoms with Crippen molar-refractivity contribution >= 4 is 51.7 Å². The van der Waals surface area contributed by atoms with Crippen molar-refractivity contribution < 1.29 is 23.8 Å². The highest BCUT2D eigenvalue weighted by atomic mass is 35.5. The Hall–Kier alpha value is -3.69. The van der Waals surface area contributed by atoms with Gasteiger partial charge in [0.05, 0.1) is 25.0 Å². The zero-order valence-electron chi connectivity index (χ0n) is 19.3. The lowest BCUT2D eigenvalue weighted by Crippen LogP contribution is -2.44. The Balaban J connectivity index is 1.41. The number of hydrogen-bond acceptors (Lipinski definition) is 7. The molecule has 2 aliphatic rings. The molecule has 2 heterocycles. The molecule has 0 aromatic heterocycles. The minimum atomic E-state index is -0.665. The number of amides is 2. The van der Waals surface area contributed by atoms with Gasteiger partial charge in [-0.3, -0.25) is 14.5 Å². The van der Waals surface area contributed by atoms with Gasteiger partial charge in [-0.15, -0.1) is 0 Å². The van der Waals surface area contributed by atoms with Crippen LogP contribution in [0.5, 0.6) is 17.2 Å². The van der Waals surface area contributed by atoms with Gasteiger partial charge in [0.1, 0.15) is 11.0 Å². The first-order valence-corrected chi connectivity index (χ1v) is 12.4. The highest BCUT2D eigenvalue weighted by molar-refractivity contribution is 8.15. The summed E-state index contributed by atoms with van der Waals surface area (Å²) >= 11 is 7.26. The summed E-state index contributed by atoms with van der Waals surface area (Å²) in [5, 5.41) is 3.22. The second-order valence-electron chi connectivity index (χ2n) is 8.04. The topological polar surface area (TPSA) is 89.5 Å². The average molecular weight is 524 g/mol. The second-order valence-corrected chi connectivity index (χ2v) is 9.64. The smallest absolute Gasteiger partial charge is 0.238 e. The highest BCUT2D eigenvalue weighted by Crippen LogP contribution is 2.35. The molecule has 2 amide bonds. The van der Waals surface area contributed by atoms with Gasteiger partial charge in [-0.05, 0) is 54.1 Å². The fourth-order valence-electron chi connectivity index (χ4n) is 3.81. The van der Waals surface area contributed by atoms with Gasteiger partial charge in [-0.2, -0.15) is 0 Å². The maximum atomic E-state index is 13.3. The van der Waals surface area contributed by atoms with Crippen LogP contribution in [-0.2, 0) is 16.1 Å². The number of anilines is 1. The summed E-state index contributed by atoms with van der Waals surface area (Å²) in [7, 11) is 1.54. The number of rotatable bonds is 6. The normalized spacial score (nSPS) is 17.8. The van der Waals surface area contributed by atoms with Crippen LogP contribution in [0.15, 0.2) is 71.7 Å². The van der Waals surface area contributed by atoms with Gasteiger partial charge in [-0.25, -0.2) is 4.99 Å². The summed E-state index contributed by atoms with van der Waals surface area (Å²) in [6, 6.07) is 19.7. The molecule has 0 radical (unpaired) electrons. The molecule has 0 aliphatic carbocycles. The summed E-state index contributed by atoms with van der Waals surface area (Å²) in [4.78, 5) is 32.8. The fraction of sp³-hybridized carbons (Fsp3) is 0.192. The summed E-state index contributed by atoms with van der Waals surface area (Å²) in [5.74, 6) is 1.33. The maximum Gasteiger partial charge on any atom is 0.238 e. The minimum absolute atomic E-state index is 0.0236. The van der Waals surface area contributed by atoms with Gasteiger partial charge in [-0.1, -0.05) is 41.6 Å².